The molecule has 1 saturated heterocycles. The number of benzene rings is 1. The zero-order valence-electron chi connectivity index (χ0n) is 14.4. The standard InChI is InChI=1S/C19H22N4O2/c1-14-4-5-16-15(13-14)18(20-6-7-23-8-11-24-12-9-23)22-19(21-16)17-3-2-10-25-17/h2-5,10,13H,6-9,11-12H2,1H3,(H,20,21,22). The van der Waals surface area contributed by atoms with E-state index in [1.165, 1.54) is 5.56 Å². The fraction of sp³-hybridized carbons (Fsp3) is 0.368. The van der Waals surface area contributed by atoms with Crippen LogP contribution >= 0.6 is 0 Å². The molecule has 1 N–H and O–H groups in total. The van der Waals surface area contributed by atoms with Crippen molar-refractivity contribution >= 4 is 16.7 Å². The highest BCUT2D eigenvalue weighted by Crippen LogP contribution is 2.26. The second-order valence-electron chi connectivity index (χ2n) is 6.27. The van der Waals surface area contributed by atoms with Gasteiger partial charge in [0.1, 0.15) is 5.82 Å². The molecule has 1 aliphatic rings. The van der Waals surface area contributed by atoms with Crippen LogP contribution in [0.15, 0.2) is 41.0 Å². The van der Waals surface area contributed by atoms with Crippen molar-refractivity contribution < 1.29 is 9.15 Å². The maximum absolute atomic E-state index is 5.47. The van der Waals surface area contributed by atoms with Crippen LogP contribution in [0.25, 0.3) is 22.5 Å². The maximum atomic E-state index is 5.47. The average molecular weight is 338 g/mol. The van der Waals surface area contributed by atoms with E-state index in [0.29, 0.717) is 11.6 Å². The van der Waals surface area contributed by atoms with E-state index in [4.69, 9.17) is 14.1 Å². The normalized spacial score (nSPS) is 15.6. The summed E-state index contributed by atoms with van der Waals surface area (Å²) in [4.78, 5) is 11.8. The zero-order chi connectivity index (χ0) is 17.1. The number of rotatable bonds is 5. The quantitative estimate of drug-likeness (QED) is 0.772. The molecule has 3 aromatic rings. The Hall–Kier alpha value is -2.44. The van der Waals surface area contributed by atoms with Crippen molar-refractivity contribution in [2.45, 2.75) is 6.92 Å². The van der Waals surface area contributed by atoms with Crippen LogP contribution in [0, 0.1) is 6.92 Å². The number of aryl methyl sites for hydroxylation is 1. The minimum absolute atomic E-state index is 0.607. The summed E-state index contributed by atoms with van der Waals surface area (Å²) in [6.07, 6.45) is 1.64. The van der Waals surface area contributed by atoms with E-state index < -0.39 is 0 Å². The third-order valence-corrected chi connectivity index (χ3v) is 4.42. The Labute approximate surface area is 146 Å². The van der Waals surface area contributed by atoms with E-state index in [1.807, 2.05) is 18.2 Å². The lowest BCUT2D eigenvalue weighted by Crippen LogP contribution is -2.39. The van der Waals surface area contributed by atoms with Crippen LogP contribution in [0.4, 0.5) is 5.82 Å². The Kier molecular flexibility index (Phi) is 4.63. The monoisotopic (exact) mass is 338 g/mol. The molecule has 0 saturated carbocycles. The lowest BCUT2D eigenvalue weighted by atomic mass is 10.1. The summed E-state index contributed by atoms with van der Waals surface area (Å²) >= 11 is 0. The number of morpholine rings is 1. The van der Waals surface area contributed by atoms with Gasteiger partial charge in [-0.1, -0.05) is 11.6 Å². The molecule has 0 spiro atoms. The molecule has 0 bridgehead atoms. The first-order chi connectivity index (χ1) is 12.3. The highest BCUT2D eigenvalue weighted by atomic mass is 16.5. The lowest BCUT2D eigenvalue weighted by Gasteiger charge is -2.26. The van der Waals surface area contributed by atoms with Gasteiger partial charge in [0.15, 0.2) is 11.6 Å². The molecule has 3 heterocycles. The molecule has 6 nitrogen and oxygen atoms in total. The van der Waals surface area contributed by atoms with Gasteiger partial charge in [0.05, 0.1) is 25.0 Å². The van der Waals surface area contributed by atoms with Crippen LogP contribution in [0.5, 0.6) is 0 Å². The van der Waals surface area contributed by atoms with Crippen LogP contribution in [0.2, 0.25) is 0 Å². The molecule has 0 unspecified atom stereocenters. The second kappa shape index (κ2) is 7.21. The molecule has 6 heteroatoms. The minimum Gasteiger partial charge on any atom is -0.461 e. The molecule has 2 aromatic heterocycles. The predicted octanol–water partition coefficient (Wildman–Crippen LogP) is 2.94. The van der Waals surface area contributed by atoms with E-state index in [1.54, 1.807) is 6.26 Å². The number of ether oxygens (including phenoxy) is 1. The first-order valence-electron chi connectivity index (χ1n) is 8.66. The molecular weight excluding hydrogens is 316 g/mol. The van der Waals surface area contributed by atoms with Crippen LogP contribution in [0.1, 0.15) is 5.56 Å². The molecule has 1 aromatic carbocycles. The first-order valence-corrected chi connectivity index (χ1v) is 8.66. The molecule has 25 heavy (non-hydrogen) atoms. The van der Waals surface area contributed by atoms with Gasteiger partial charge in [-0.05, 0) is 31.2 Å². The van der Waals surface area contributed by atoms with Crippen LogP contribution in [-0.2, 0) is 4.74 Å². The molecular formula is C19H22N4O2. The van der Waals surface area contributed by atoms with Gasteiger partial charge in [-0.25, -0.2) is 9.97 Å². The van der Waals surface area contributed by atoms with Gasteiger partial charge < -0.3 is 14.5 Å². The Balaban J connectivity index is 1.59. The summed E-state index contributed by atoms with van der Waals surface area (Å²) in [7, 11) is 0. The number of nitrogens with one attached hydrogen (secondary N) is 1. The Morgan fingerprint density at radius 1 is 1.16 bits per heavy atom. The van der Waals surface area contributed by atoms with Gasteiger partial charge in [-0.3, -0.25) is 4.90 Å². The van der Waals surface area contributed by atoms with E-state index in [9.17, 15) is 0 Å². The van der Waals surface area contributed by atoms with Crippen molar-refractivity contribution in [2.24, 2.45) is 0 Å². The van der Waals surface area contributed by atoms with Crippen LogP contribution < -0.4 is 5.32 Å². The number of furan rings is 1. The van der Waals surface area contributed by atoms with Crippen LogP contribution in [0.3, 0.4) is 0 Å². The second-order valence-corrected chi connectivity index (χ2v) is 6.27. The third kappa shape index (κ3) is 3.65. The number of nitrogens with zero attached hydrogens (tertiary/aromatic N) is 3. The van der Waals surface area contributed by atoms with E-state index in [-0.39, 0.29) is 0 Å². The van der Waals surface area contributed by atoms with Gasteiger partial charge in [0.2, 0.25) is 0 Å². The molecule has 0 radical (unpaired) electrons. The molecule has 4 rings (SSSR count). The van der Waals surface area contributed by atoms with Crippen LogP contribution in [-0.4, -0.2) is 54.3 Å². The Bertz CT molecular complexity index is 842. The Morgan fingerprint density at radius 2 is 2.04 bits per heavy atom. The van der Waals surface area contributed by atoms with Crippen molar-refractivity contribution in [3.05, 3.63) is 42.2 Å². The zero-order valence-corrected chi connectivity index (χ0v) is 14.4. The molecule has 0 amide bonds. The first kappa shape index (κ1) is 16.1. The number of hydrogen-bond acceptors (Lipinski definition) is 6. The van der Waals surface area contributed by atoms with Gasteiger partial charge >= 0.3 is 0 Å². The lowest BCUT2D eigenvalue weighted by molar-refractivity contribution is 0.0398. The topological polar surface area (TPSA) is 63.4 Å². The fourth-order valence-electron chi connectivity index (χ4n) is 3.05. The smallest absolute Gasteiger partial charge is 0.198 e. The van der Waals surface area contributed by atoms with E-state index >= 15 is 0 Å². The molecule has 1 aliphatic heterocycles. The van der Waals surface area contributed by atoms with Crippen molar-refractivity contribution in [2.75, 3.05) is 44.7 Å². The maximum Gasteiger partial charge on any atom is 0.198 e. The van der Waals surface area contributed by atoms with E-state index in [2.05, 4.69) is 34.3 Å². The number of hydrogen-bond donors (Lipinski definition) is 1. The highest BCUT2D eigenvalue weighted by Gasteiger charge is 2.13. The highest BCUT2D eigenvalue weighted by molar-refractivity contribution is 5.90. The minimum atomic E-state index is 0.607. The number of aromatic nitrogens is 2. The summed E-state index contributed by atoms with van der Waals surface area (Å²) in [6.45, 7) is 7.49. The summed E-state index contributed by atoms with van der Waals surface area (Å²) in [5.74, 6) is 2.14. The third-order valence-electron chi connectivity index (χ3n) is 4.42. The van der Waals surface area contributed by atoms with Crippen molar-refractivity contribution in [1.82, 2.24) is 14.9 Å². The SMILES string of the molecule is Cc1ccc2nc(-c3ccco3)nc(NCCN3CCOCC3)c2c1. The van der Waals surface area contributed by atoms with Gasteiger partial charge in [0, 0.05) is 31.6 Å². The number of fused-ring (bicyclic) bond motifs is 1. The summed E-state index contributed by atoms with van der Waals surface area (Å²) < 4.78 is 10.9. The summed E-state index contributed by atoms with van der Waals surface area (Å²) in [5.41, 5.74) is 2.11. The average Bonchev–Trinajstić information content (AvgIpc) is 3.17. The van der Waals surface area contributed by atoms with E-state index in [0.717, 1.165) is 56.1 Å². The van der Waals surface area contributed by atoms with Gasteiger partial charge in [0.25, 0.3) is 0 Å². The largest absolute Gasteiger partial charge is 0.461 e. The molecule has 130 valence electrons. The molecule has 1 fully saturated rings. The molecule has 0 aliphatic carbocycles. The van der Waals surface area contributed by atoms with Crippen molar-refractivity contribution in [1.29, 1.82) is 0 Å². The van der Waals surface area contributed by atoms with Gasteiger partial charge in [-0.2, -0.15) is 0 Å². The predicted molar refractivity (Wildman–Crippen MR) is 97.7 cm³/mol. The van der Waals surface area contributed by atoms with Gasteiger partial charge in [-0.15, -0.1) is 0 Å². The van der Waals surface area contributed by atoms with Crippen molar-refractivity contribution in [3.63, 3.8) is 0 Å². The number of anilines is 1. The molecule has 0 atom stereocenters. The van der Waals surface area contributed by atoms with Crippen molar-refractivity contribution in [3.8, 4) is 11.6 Å². The summed E-state index contributed by atoms with van der Waals surface area (Å²) in [6, 6.07) is 9.96. The Morgan fingerprint density at radius 3 is 2.84 bits per heavy atom. The fourth-order valence-corrected chi connectivity index (χ4v) is 3.05. The summed E-state index contributed by atoms with van der Waals surface area (Å²) in [5, 5.41) is 4.53.